The van der Waals surface area contributed by atoms with E-state index in [0.29, 0.717) is 19.4 Å². The molecular formula is C13H22N2O4. The summed E-state index contributed by atoms with van der Waals surface area (Å²) in [5.74, 6) is 2.31. The number of carbonyl (C=O) groups excluding carboxylic acids is 1. The smallest absolute Gasteiger partial charge is 0.221 e. The molecule has 0 aliphatic carbocycles. The van der Waals surface area contributed by atoms with E-state index < -0.39 is 24.3 Å². The Labute approximate surface area is 113 Å². The van der Waals surface area contributed by atoms with Gasteiger partial charge in [-0.25, -0.2) is 0 Å². The van der Waals surface area contributed by atoms with Crippen molar-refractivity contribution in [3.8, 4) is 12.3 Å². The van der Waals surface area contributed by atoms with E-state index in [9.17, 15) is 20.1 Å². The molecule has 0 aromatic carbocycles. The zero-order valence-electron chi connectivity index (χ0n) is 11.1. The maximum absolute atomic E-state index is 11.5. The summed E-state index contributed by atoms with van der Waals surface area (Å²) in [6.45, 7) is 0.268. The van der Waals surface area contributed by atoms with E-state index in [1.54, 1.807) is 4.90 Å². The molecule has 4 atom stereocenters. The number of unbranched alkanes of at least 4 members (excludes halogenated alkanes) is 1. The van der Waals surface area contributed by atoms with Gasteiger partial charge in [0.05, 0.1) is 24.9 Å². The highest BCUT2D eigenvalue weighted by atomic mass is 16.3. The molecule has 19 heavy (non-hydrogen) atoms. The topological polar surface area (TPSA) is 93.0 Å². The molecule has 108 valence electrons. The minimum atomic E-state index is -1.05. The van der Waals surface area contributed by atoms with Gasteiger partial charge in [0.25, 0.3) is 0 Å². The van der Waals surface area contributed by atoms with Gasteiger partial charge in [0.2, 0.25) is 5.91 Å². The number of aliphatic hydroxyl groups excluding tert-OH is 3. The Bertz CT molecular complexity index is 342. The van der Waals surface area contributed by atoms with Gasteiger partial charge in [0.15, 0.2) is 0 Å². The summed E-state index contributed by atoms with van der Waals surface area (Å²) in [5, 5.41) is 31.8. The number of nitrogens with zero attached hydrogens (tertiary/aromatic N) is 1. The molecule has 1 fully saturated rings. The third-order valence-electron chi connectivity index (χ3n) is 3.59. The summed E-state index contributed by atoms with van der Waals surface area (Å²) < 4.78 is 0. The fraction of sp³-hybridized carbons (Fsp3) is 0.769. The molecule has 0 radical (unpaired) electrons. The first kappa shape index (κ1) is 15.9. The number of nitrogens with one attached hydrogen (secondary N) is 1. The highest BCUT2D eigenvalue weighted by Crippen LogP contribution is 2.27. The SMILES string of the molecule is C#CCCCN1C(CC(=O)NC)[C@@H](O)[C@H](O)[C@H]1CO. The van der Waals surface area contributed by atoms with Gasteiger partial charge in [-0.2, -0.15) is 0 Å². The molecule has 1 aliphatic rings. The van der Waals surface area contributed by atoms with Gasteiger partial charge in [-0.15, -0.1) is 12.3 Å². The van der Waals surface area contributed by atoms with Crippen LogP contribution in [0.15, 0.2) is 0 Å². The molecule has 1 aliphatic heterocycles. The lowest BCUT2D eigenvalue weighted by atomic mass is 10.1. The predicted molar refractivity (Wildman–Crippen MR) is 70.1 cm³/mol. The van der Waals surface area contributed by atoms with Crippen LogP contribution in [0.1, 0.15) is 19.3 Å². The van der Waals surface area contributed by atoms with Gasteiger partial charge >= 0.3 is 0 Å². The largest absolute Gasteiger partial charge is 0.395 e. The summed E-state index contributed by atoms with van der Waals surface area (Å²) in [6, 6.07) is -1.05. The van der Waals surface area contributed by atoms with E-state index in [2.05, 4.69) is 11.2 Å². The second-order valence-corrected chi connectivity index (χ2v) is 4.72. The predicted octanol–water partition coefficient (Wildman–Crippen LogP) is -1.70. The Kier molecular flexibility index (Phi) is 6.25. The Hall–Kier alpha value is -1.13. The van der Waals surface area contributed by atoms with Crippen LogP contribution >= 0.6 is 0 Å². The summed E-state index contributed by atoms with van der Waals surface area (Å²) in [6.07, 6.45) is 4.45. The van der Waals surface area contributed by atoms with Crippen LogP contribution in [-0.4, -0.2) is 70.6 Å². The van der Waals surface area contributed by atoms with E-state index in [1.807, 2.05) is 0 Å². The van der Waals surface area contributed by atoms with Crippen LogP contribution in [0.5, 0.6) is 0 Å². The number of terminal acetylenes is 1. The molecule has 4 N–H and O–H groups in total. The lowest BCUT2D eigenvalue weighted by Crippen LogP contribution is -2.43. The first-order valence-corrected chi connectivity index (χ1v) is 6.43. The molecule has 6 nitrogen and oxygen atoms in total. The van der Waals surface area contributed by atoms with Gasteiger partial charge in [0.1, 0.15) is 0 Å². The van der Waals surface area contributed by atoms with E-state index in [-0.39, 0.29) is 18.9 Å². The minimum absolute atomic E-state index is 0.0846. The van der Waals surface area contributed by atoms with Crippen LogP contribution in [0.4, 0.5) is 0 Å². The van der Waals surface area contributed by atoms with Crippen molar-refractivity contribution in [2.45, 2.75) is 43.6 Å². The molecule has 1 rings (SSSR count). The van der Waals surface area contributed by atoms with E-state index in [0.717, 1.165) is 0 Å². The monoisotopic (exact) mass is 270 g/mol. The average Bonchev–Trinajstić information content (AvgIpc) is 2.63. The van der Waals surface area contributed by atoms with Crippen molar-refractivity contribution >= 4 is 5.91 Å². The van der Waals surface area contributed by atoms with Crippen LogP contribution in [0, 0.1) is 12.3 Å². The number of hydrogen-bond acceptors (Lipinski definition) is 5. The Morgan fingerprint density at radius 3 is 2.53 bits per heavy atom. The minimum Gasteiger partial charge on any atom is -0.395 e. The lowest BCUT2D eigenvalue weighted by Gasteiger charge is -2.28. The standard InChI is InChI=1S/C13H22N2O4/c1-3-4-5-6-15-9(7-11(17)14-2)12(18)13(19)10(15)8-16/h1,9-10,12-13,16,18-19H,4-8H2,2H3,(H,14,17)/t9?,10-,12-,13-/m1/s1. The highest BCUT2D eigenvalue weighted by molar-refractivity contribution is 5.76. The number of hydrogen-bond donors (Lipinski definition) is 4. The van der Waals surface area contributed by atoms with Crippen molar-refractivity contribution in [3.05, 3.63) is 0 Å². The summed E-state index contributed by atoms with van der Waals surface area (Å²) in [7, 11) is 1.52. The average molecular weight is 270 g/mol. The Balaban J connectivity index is 2.76. The molecule has 1 heterocycles. The molecule has 0 aromatic heterocycles. The van der Waals surface area contributed by atoms with Crippen LogP contribution in [-0.2, 0) is 4.79 Å². The maximum atomic E-state index is 11.5. The molecule has 0 bridgehead atoms. The van der Waals surface area contributed by atoms with Crippen molar-refractivity contribution < 1.29 is 20.1 Å². The number of rotatable bonds is 6. The number of amides is 1. The molecule has 1 unspecified atom stereocenters. The fourth-order valence-electron chi connectivity index (χ4n) is 2.53. The zero-order valence-corrected chi connectivity index (χ0v) is 11.1. The molecule has 1 amide bonds. The summed E-state index contributed by atoms with van der Waals surface area (Å²) in [4.78, 5) is 13.2. The van der Waals surface area contributed by atoms with Crippen LogP contribution in [0.3, 0.4) is 0 Å². The number of carbonyl (C=O) groups is 1. The second-order valence-electron chi connectivity index (χ2n) is 4.72. The van der Waals surface area contributed by atoms with Crippen LogP contribution in [0.2, 0.25) is 0 Å². The summed E-state index contributed by atoms with van der Waals surface area (Å²) >= 11 is 0. The molecule has 0 aromatic rings. The zero-order chi connectivity index (χ0) is 14.4. The third kappa shape index (κ3) is 3.67. The fourth-order valence-corrected chi connectivity index (χ4v) is 2.53. The van der Waals surface area contributed by atoms with Gasteiger partial charge < -0.3 is 20.6 Å². The first-order chi connectivity index (χ1) is 9.06. The van der Waals surface area contributed by atoms with Gasteiger partial charge in [-0.05, 0) is 13.0 Å². The molecular weight excluding hydrogens is 248 g/mol. The first-order valence-electron chi connectivity index (χ1n) is 6.43. The Morgan fingerprint density at radius 1 is 1.37 bits per heavy atom. The molecule has 0 spiro atoms. The van der Waals surface area contributed by atoms with Gasteiger partial charge in [-0.1, -0.05) is 0 Å². The normalized spacial score (nSPS) is 31.1. The summed E-state index contributed by atoms with van der Waals surface area (Å²) in [5.41, 5.74) is 0. The molecule has 0 saturated carbocycles. The highest BCUT2D eigenvalue weighted by Gasteiger charge is 2.47. The molecule has 6 heteroatoms. The van der Waals surface area contributed by atoms with Crippen LogP contribution < -0.4 is 5.32 Å². The van der Waals surface area contributed by atoms with Crippen molar-refractivity contribution in [3.63, 3.8) is 0 Å². The maximum Gasteiger partial charge on any atom is 0.221 e. The van der Waals surface area contributed by atoms with Crippen molar-refractivity contribution in [2.24, 2.45) is 0 Å². The second kappa shape index (κ2) is 7.46. The number of likely N-dealkylation sites (tertiary alicyclic amines) is 1. The van der Waals surface area contributed by atoms with Crippen molar-refractivity contribution in [1.82, 2.24) is 10.2 Å². The number of aliphatic hydroxyl groups is 3. The van der Waals surface area contributed by atoms with E-state index in [4.69, 9.17) is 6.42 Å². The van der Waals surface area contributed by atoms with Crippen molar-refractivity contribution in [1.29, 1.82) is 0 Å². The van der Waals surface area contributed by atoms with Gasteiger partial charge in [0, 0.05) is 25.9 Å². The van der Waals surface area contributed by atoms with Crippen LogP contribution in [0.25, 0.3) is 0 Å². The molecule has 1 saturated heterocycles. The van der Waals surface area contributed by atoms with Gasteiger partial charge in [-0.3, -0.25) is 9.69 Å². The van der Waals surface area contributed by atoms with E-state index >= 15 is 0 Å². The third-order valence-corrected chi connectivity index (χ3v) is 3.59. The lowest BCUT2D eigenvalue weighted by molar-refractivity contribution is -0.122. The van der Waals surface area contributed by atoms with Crippen molar-refractivity contribution in [2.75, 3.05) is 20.2 Å². The van der Waals surface area contributed by atoms with E-state index in [1.165, 1.54) is 7.05 Å². The quantitative estimate of drug-likeness (QED) is 0.341. The Morgan fingerprint density at radius 2 is 2.00 bits per heavy atom.